The zero-order chi connectivity index (χ0) is 16.9. The van der Waals surface area contributed by atoms with Crippen LogP contribution in [0.5, 0.6) is 0 Å². The molecule has 0 bridgehead atoms. The molecule has 1 aliphatic rings. The van der Waals surface area contributed by atoms with Crippen LogP contribution < -0.4 is 5.32 Å². The van der Waals surface area contributed by atoms with E-state index in [4.69, 9.17) is 4.74 Å². The summed E-state index contributed by atoms with van der Waals surface area (Å²) in [5, 5.41) is 3.37. The largest absolute Gasteiger partial charge is 0.461 e. The molecule has 1 aliphatic carbocycles. The lowest BCUT2D eigenvalue weighted by Crippen LogP contribution is -2.28. The molecule has 1 aromatic heterocycles. The Morgan fingerprint density at radius 3 is 2.71 bits per heavy atom. The fourth-order valence-electron chi connectivity index (χ4n) is 3.17. The van der Waals surface area contributed by atoms with Gasteiger partial charge in [0.05, 0.1) is 6.61 Å². The fraction of sp³-hybridized carbons (Fsp3) is 0.421. The molecule has 0 atom stereocenters. The molecule has 3 rings (SSSR count). The van der Waals surface area contributed by atoms with Gasteiger partial charge in [-0.15, -0.1) is 0 Å². The van der Waals surface area contributed by atoms with Gasteiger partial charge in [-0.2, -0.15) is 0 Å². The molecule has 126 valence electrons. The molecule has 24 heavy (non-hydrogen) atoms. The van der Waals surface area contributed by atoms with E-state index in [9.17, 15) is 4.79 Å². The fourth-order valence-corrected chi connectivity index (χ4v) is 3.17. The van der Waals surface area contributed by atoms with E-state index in [0.717, 1.165) is 17.9 Å². The first-order chi connectivity index (χ1) is 11.7. The van der Waals surface area contributed by atoms with E-state index in [1.54, 1.807) is 6.92 Å². The smallest absolute Gasteiger partial charge is 0.357 e. The molecule has 1 saturated carbocycles. The molecule has 1 aromatic carbocycles. The molecule has 5 nitrogen and oxygen atoms in total. The van der Waals surface area contributed by atoms with E-state index >= 15 is 0 Å². The number of nitrogens with zero attached hydrogens (tertiary/aromatic N) is 2. The van der Waals surface area contributed by atoms with E-state index in [1.165, 1.54) is 24.7 Å². The maximum Gasteiger partial charge on any atom is 0.357 e. The van der Waals surface area contributed by atoms with Crippen molar-refractivity contribution < 1.29 is 9.53 Å². The van der Waals surface area contributed by atoms with Crippen LogP contribution in [0.1, 0.15) is 47.3 Å². The Morgan fingerprint density at radius 1 is 1.25 bits per heavy atom. The predicted molar refractivity (Wildman–Crippen MR) is 93.1 cm³/mol. The van der Waals surface area contributed by atoms with Crippen molar-refractivity contribution in [3.8, 4) is 0 Å². The van der Waals surface area contributed by atoms with Crippen molar-refractivity contribution in [2.45, 2.75) is 32.6 Å². The minimum Gasteiger partial charge on any atom is -0.461 e. The number of nitrogens with one attached hydrogen (secondary N) is 1. The van der Waals surface area contributed by atoms with Crippen LogP contribution in [0.4, 0.5) is 5.82 Å². The van der Waals surface area contributed by atoms with Gasteiger partial charge < -0.3 is 10.1 Å². The monoisotopic (exact) mass is 325 g/mol. The van der Waals surface area contributed by atoms with Gasteiger partial charge in [0.25, 0.3) is 0 Å². The van der Waals surface area contributed by atoms with Crippen molar-refractivity contribution in [1.82, 2.24) is 9.97 Å². The number of rotatable bonds is 6. The first kappa shape index (κ1) is 16.4. The molecule has 0 unspecified atom stereocenters. The minimum atomic E-state index is -0.395. The van der Waals surface area contributed by atoms with Gasteiger partial charge in [0, 0.05) is 12.1 Å². The lowest BCUT2D eigenvalue weighted by atomic mass is 9.71. The molecule has 1 heterocycles. The average Bonchev–Trinajstić information content (AvgIpc) is 2.56. The van der Waals surface area contributed by atoms with Gasteiger partial charge in [0.15, 0.2) is 5.69 Å². The van der Waals surface area contributed by atoms with E-state index in [2.05, 4.69) is 45.6 Å². The number of anilines is 1. The molecule has 1 N–H and O–H groups in total. The number of benzene rings is 1. The van der Waals surface area contributed by atoms with E-state index in [0.29, 0.717) is 24.1 Å². The van der Waals surface area contributed by atoms with Crippen molar-refractivity contribution in [2.24, 2.45) is 5.92 Å². The first-order valence-electron chi connectivity index (χ1n) is 8.46. The summed E-state index contributed by atoms with van der Waals surface area (Å²) < 4.78 is 5.03. The lowest BCUT2D eigenvalue weighted by Gasteiger charge is -2.36. The van der Waals surface area contributed by atoms with Gasteiger partial charge in [-0.25, -0.2) is 14.8 Å². The van der Waals surface area contributed by atoms with Gasteiger partial charge in [-0.3, -0.25) is 0 Å². The molecule has 0 radical (unpaired) electrons. The van der Waals surface area contributed by atoms with Crippen LogP contribution in [0, 0.1) is 12.8 Å². The summed E-state index contributed by atoms with van der Waals surface area (Å²) in [7, 11) is 0. The summed E-state index contributed by atoms with van der Waals surface area (Å²) in [6.45, 7) is 4.84. The Morgan fingerprint density at radius 2 is 2.00 bits per heavy atom. The minimum absolute atomic E-state index is 0.338. The van der Waals surface area contributed by atoms with Crippen molar-refractivity contribution in [3.05, 3.63) is 53.5 Å². The van der Waals surface area contributed by atoms with Crippen molar-refractivity contribution in [1.29, 1.82) is 0 Å². The second kappa shape index (κ2) is 7.43. The van der Waals surface area contributed by atoms with Crippen molar-refractivity contribution in [3.63, 3.8) is 0 Å². The van der Waals surface area contributed by atoms with Crippen LogP contribution in [0.3, 0.4) is 0 Å². The third-order valence-corrected chi connectivity index (χ3v) is 4.62. The summed E-state index contributed by atoms with van der Waals surface area (Å²) in [5.41, 5.74) is 2.51. The topological polar surface area (TPSA) is 64.1 Å². The molecule has 0 aliphatic heterocycles. The van der Waals surface area contributed by atoms with Gasteiger partial charge in [-0.1, -0.05) is 30.3 Å². The van der Waals surface area contributed by atoms with E-state index in [-0.39, 0.29) is 0 Å². The zero-order valence-electron chi connectivity index (χ0n) is 14.2. The molecule has 1 fully saturated rings. The van der Waals surface area contributed by atoms with Crippen molar-refractivity contribution in [2.75, 3.05) is 18.5 Å². The summed E-state index contributed by atoms with van der Waals surface area (Å²) in [6.07, 6.45) is 3.78. The maximum absolute atomic E-state index is 11.9. The van der Waals surface area contributed by atoms with Crippen LogP contribution in [0.2, 0.25) is 0 Å². The highest BCUT2D eigenvalue weighted by molar-refractivity contribution is 5.90. The van der Waals surface area contributed by atoms with Crippen LogP contribution in [0.15, 0.2) is 36.7 Å². The number of carbonyl (C=O) groups excluding carboxylic acids is 1. The summed E-state index contributed by atoms with van der Waals surface area (Å²) in [5.74, 6) is 1.62. The highest BCUT2D eigenvalue weighted by Gasteiger charge is 2.30. The number of carbonyl (C=O) groups is 1. The Hall–Kier alpha value is -2.43. The Labute approximate surface area is 142 Å². The van der Waals surface area contributed by atoms with Crippen LogP contribution in [-0.4, -0.2) is 29.1 Å². The molecular formula is C19H23N3O2. The Bertz CT molecular complexity index is 697. The van der Waals surface area contributed by atoms with Crippen LogP contribution >= 0.6 is 0 Å². The molecule has 0 amide bonds. The molecule has 2 aromatic rings. The average molecular weight is 325 g/mol. The second-order valence-corrected chi connectivity index (χ2v) is 6.24. The highest BCUT2D eigenvalue weighted by atomic mass is 16.5. The molecular weight excluding hydrogens is 302 g/mol. The Kier molecular flexibility index (Phi) is 5.08. The normalized spacial score (nSPS) is 19.4. The first-order valence-corrected chi connectivity index (χ1v) is 8.46. The third-order valence-electron chi connectivity index (χ3n) is 4.62. The van der Waals surface area contributed by atoms with Gasteiger partial charge in [0.2, 0.25) is 0 Å². The number of hydrogen-bond acceptors (Lipinski definition) is 5. The second-order valence-electron chi connectivity index (χ2n) is 6.24. The standard InChI is InChI=1S/C19H23N3O2/c1-3-24-19(23)17-13(2)18(22-12-21-17)20-11-14-9-16(10-14)15-7-5-4-6-8-15/h4-8,12,14,16H,3,9-11H2,1-2H3,(H,20,21,22)/t14-,16-. The van der Waals surface area contributed by atoms with Crippen LogP contribution in [-0.2, 0) is 4.74 Å². The number of ether oxygens (including phenoxy) is 1. The van der Waals surface area contributed by atoms with Gasteiger partial charge in [0.1, 0.15) is 12.1 Å². The summed E-state index contributed by atoms with van der Waals surface area (Å²) in [6, 6.07) is 10.7. The molecule has 0 saturated heterocycles. The lowest BCUT2D eigenvalue weighted by molar-refractivity contribution is 0.0518. The summed E-state index contributed by atoms with van der Waals surface area (Å²) >= 11 is 0. The number of aromatic nitrogens is 2. The third kappa shape index (κ3) is 3.55. The SMILES string of the molecule is CCOC(=O)c1ncnc(NC[C@H]2C[C@H](c3ccccc3)C2)c1C. The van der Waals surface area contributed by atoms with Gasteiger partial charge >= 0.3 is 5.97 Å². The summed E-state index contributed by atoms with van der Waals surface area (Å²) in [4.78, 5) is 20.2. The quantitative estimate of drug-likeness (QED) is 0.823. The van der Waals surface area contributed by atoms with E-state index in [1.807, 2.05) is 6.92 Å². The van der Waals surface area contributed by atoms with Gasteiger partial charge in [-0.05, 0) is 44.1 Å². The predicted octanol–water partition coefficient (Wildman–Crippen LogP) is 3.57. The van der Waals surface area contributed by atoms with Crippen LogP contribution in [0.25, 0.3) is 0 Å². The van der Waals surface area contributed by atoms with E-state index < -0.39 is 5.97 Å². The van der Waals surface area contributed by atoms with Crippen molar-refractivity contribution >= 4 is 11.8 Å². The number of hydrogen-bond donors (Lipinski definition) is 1. The highest BCUT2D eigenvalue weighted by Crippen LogP contribution is 2.41. The zero-order valence-corrected chi connectivity index (χ0v) is 14.2. The molecule has 0 spiro atoms. The maximum atomic E-state index is 11.9. The molecule has 5 heteroatoms. The Balaban J connectivity index is 1.55. The number of esters is 1.